The van der Waals surface area contributed by atoms with Crippen LogP contribution >= 0.6 is 0 Å². The fourth-order valence-electron chi connectivity index (χ4n) is 1.75. The smallest absolute Gasteiger partial charge is 0.400 e. The highest BCUT2D eigenvalue weighted by Crippen LogP contribution is 2.36. The zero-order chi connectivity index (χ0) is 12.6. The highest BCUT2D eigenvalue weighted by atomic mass is 16.7. The maximum atomic E-state index is 5.94. The van der Waals surface area contributed by atoms with Crippen molar-refractivity contribution < 1.29 is 13.8 Å². The first-order chi connectivity index (χ1) is 7.10. The summed E-state index contributed by atoms with van der Waals surface area (Å²) >= 11 is 0. The lowest BCUT2D eigenvalue weighted by atomic mass is 9.88. The van der Waals surface area contributed by atoms with E-state index in [0.717, 1.165) is 6.44 Å². The molecule has 4 heteroatoms. The minimum absolute atomic E-state index is 0.173. The van der Waals surface area contributed by atoms with Crippen LogP contribution in [0.3, 0.4) is 0 Å². The summed E-state index contributed by atoms with van der Waals surface area (Å²) in [5, 5.41) is 0. The van der Waals surface area contributed by atoms with E-state index >= 15 is 0 Å². The van der Waals surface area contributed by atoms with Crippen molar-refractivity contribution in [1.82, 2.24) is 0 Å². The van der Waals surface area contributed by atoms with Crippen molar-refractivity contribution >= 4 is 7.12 Å². The average molecular weight is 224 g/mol. The van der Waals surface area contributed by atoms with Gasteiger partial charge in [0.2, 0.25) is 0 Å². The molecule has 16 heavy (non-hydrogen) atoms. The topological polar surface area (TPSA) is 18.5 Å². The molecule has 0 radical (unpaired) electrons. The van der Waals surface area contributed by atoms with Gasteiger partial charge in [0.1, 0.15) is 13.0 Å². The van der Waals surface area contributed by atoms with Crippen molar-refractivity contribution in [3.8, 4) is 12.3 Å². The van der Waals surface area contributed by atoms with Gasteiger partial charge in [0.25, 0.3) is 0 Å². The van der Waals surface area contributed by atoms with E-state index in [1.54, 1.807) is 0 Å². The Morgan fingerprint density at radius 3 is 1.94 bits per heavy atom. The second-order valence-electron chi connectivity index (χ2n) is 6.17. The minimum Gasteiger partial charge on any atom is -0.400 e. The number of terminal acetylenes is 1. The second kappa shape index (κ2) is 4.07. The SMILES string of the molecule is C#CC[N+](C)(C)CB1OC(C)(C)C(C)(C)O1. The Morgan fingerprint density at radius 1 is 1.12 bits per heavy atom. The molecule has 0 unspecified atom stereocenters. The van der Waals surface area contributed by atoms with Crippen LogP contribution in [-0.4, -0.2) is 49.9 Å². The number of nitrogens with zero attached hydrogens (tertiary/aromatic N) is 1. The van der Waals surface area contributed by atoms with Gasteiger partial charge in [-0.15, -0.1) is 6.42 Å². The molecule has 0 atom stereocenters. The van der Waals surface area contributed by atoms with Crippen LogP contribution < -0.4 is 0 Å². The van der Waals surface area contributed by atoms with Crippen LogP contribution in [0.4, 0.5) is 0 Å². The van der Waals surface area contributed by atoms with Crippen molar-refractivity contribution in [2.24, 2.45) is 0 Å². The highest BCUT2D eigenvalue weighted by Gasteiger charge is 2.53. The lowest BCUT2D eigenvalue weighted by Crippen LogP contribution is -2.48. The first-order valence-corrected chi connectivity index (χ1v) is 5.71. The highest BCUT2D eigenvalue weighted by molar-refractivity contribution is 6.45. The molecule has 1 fully saturated rings. The Morgan fingerprint density at radius 2 is 1.56 bits per heavy atom. The van der Waals surface area contributed by atoms with Crippen molar-refractivity contribution in [3.63, 3.8) is 0 Å². The van der Waals surface area contributed by atoms with Gasteiger partial charge >= 0.3 is 7.12 Å². The van der Waals surface area contributed by atoms with Crippen molar-refractivity contribution in [1.29, 1.82) is 0 Å². The Labute approximate surface area is 99.8 Å². The molecular weight excluding hydrogens is 201 g/mol. The first kappa shape index (κ1) is 13.6. The van der Waals surface area contributed by atoms with E-state index in [0.29, 0.717) is 11.0 Å². The van der Waals surface area contributed by atoms with Crippen molar-refractivity contribution in [2.45, 2.75) is 38.9 Å². The number of hydrogen-bond donors (Lipinski definition) is 0. The minimum atomic E-state index is -0.256. The molecule has 0 aromatic heterocycles. The number of rotatable bonds is 3. The summed E-state index contributed by atoms with van der Waals surface area (Å²) in [5.41, 5.74) is -0.512. The molecule has 0 N–H and O–H groups in total. The van der Waals surface area contributed by atoms with E-state index in [1.807, 2.05) is 0 Å². The van der Waals surface area contributed by atoms with Gasteiger partial charge in [0, 0.05) is 0 Å². The molecule has 0 spiro atoms. The molecule has 1 rings (SSSR count). The van der Waals surface area contributed by atoms with Crippen LogP contribution in [0, 0.1) is 12.3 Å². The Bertz CT molecular complexity index is 289. The molecule has 0 amide bonds. The fraction of sp³-hybridized carbons (Fsp3) is 0.833. The van der Waals surface area contributed by atoms with E-state index in [9.17, 15) is 0 Å². The summed E-state index contributed by atoms with van der Waals surface area (Å²) in [6.45, 7) is 8.94. The second-order valence-corrected chi connectivity index (χ2v) is 6.17. The van der Waals surface area contributed by atoms with Crippen LogP contribution in [0.25, 0.3) is 0 Å². The van der Waals surface area contributed by atoms with Gasteiger partial charge < -0.3 is 13.8 Å². The molecule has 1 saturated heterocycles. The van der Waals surface area contributed by atoms with Crippen LogP contribution in [-0.2, 0) is 9.31 Å². The molecule has 90 valence electrons. The summed E-state index contributed by atoms with van der Waals surface area (Å²) in [6, 6.07) is 0. The van der Waals surface area contributed by atoms with E-state index in [4.69, 9.17) is 15.7 Å². The maximum Gasteiger partial charge on any atom is 0.517 e. The van der Waals surface area contributed by atoms with Crippen molar-refractivity contribution in [2.75, 3.05) is 27.1 Å². The molecule has 1 aliphatic heterocycles. The number of quaternary nitrogens is 1. The molecule has 0 saturated carbocycles. The molecule has 1 heterocycles. The van der Waals surface area contributed by atoms with Crippen LogP contribution in [0.1, 0.15) is 27.7 Å². The molecule has 0 bridgehead atoms. The van der Waals surface area contributed by atoms with Gasteiger partial charge in [0.05, 0.1) is 25.3 Å². The van der Waals surface area contributed by atoms with E-state index < -0.39 is 0 Å². The lowest BCUT2D eigenvalue weighted by Gasteiger charge is -2.32. The average Bonchev–Trinajstić information content (AvgIpc) is 2.17. The van der Waals surface area contributed by atoms with Gasteiger partial charge in [-0.2, -0.15) is 0 Å². The Kier molecular flexibility index (Phi) is 3.45. The quantitative estimate of drug-likeness (QED) is 0.409. The maximum absolute atomic E-state index is 5.94. The first-order valence-electron chi connectivity index (χ1n) is 5.71. The predicted octanol–water partition coefficient (Wildman–Crippen LogP) is 1.33. The zero-order valence-electron chi connectivity index (χ0n) is 11.3. The van der Waals surface area contributed by atoms with Crippen molar-refractivity contribution in [3.05, 3.63) is 0 Å². The van der Waals surface area contributed by atoms with Gasteiger partial charge in [-0.1, -0.05) is 0 Å². The monoisotopic (exact) mass is 224 g/mol. The molecule has 3 nitrogen and oxygen atoms in total. The standard InChI is InChI=1S/C12H23BNO2/c1-8-9-14(6,7)10-13-15-11(2,3)12(4,5)16-13/h1H,9-10H2,2-7H3/q+1. The van der Waals surface area contributed by atoms with Gasteiger partial charge in [-0.3, -0.25) is 0 Å². The molecule has 0 aromatic rings. The molecule has 1 aliphatic rings. The lowest BCUT2D eigenvalue weighted by molar-refractivity contribution is -0.873. The summed E-state index contributed by atoms with van der Waals surface area (Å²) in [7, 11) is 4.00. The predicted molar refractivity (Wildman–Crippen MR) is 66.8 cm³/mol. The molecule has 0 aliphatic carbocycles. The third-order valence-electron chi connectivity index (χ3n) is 3.46. The van der Waals surface area contributed by atoms with E-state index in [1.165, 1.54) is 0 Å². The van der Waals surface area contributed by atoms with Gasteiger partial charge in [-0.05, 0) is 33.6 Å². The third-order valence-corrected chi connectivity index (χ3v) is 3.46. The summed E-state index contributed by atoms with van der Waals surface area (Å²) in [5.74, 6) is 2.68. The van der Waals surface area contributed by atoms with E-state index in [-0.39, 0.29) is 18.3 Å². The fourth-order valence-corrected chi connectivity index (χ4v) is 1.75. The molecule has 0 aromatic carbocycles. The zero-order valence-corrected chi connectivity index (χ0v) is 11.3. The Hall–Kier alpha value is -0.495. The van der Waals surface area contributed by atoms with Gasteiger partial charge in [-0.25, -0.2) is 0 Å². The van der Waals surface area contributed by atoms with Crippen LogP contribution in [0.2, 0.25) is 0 Å². The third kappa shape index (κ3) is 2.79. The molecular formula is C12H23BNO2+. The van der Waals surface area contributed by atoms with Gasteiger partial charge in [0.15, 0.2) is 0 Å². The summed E-state index contributed by atoms with van der Waals surface area (Å²) in [4.78, 5) is 0. The largest absolute Gasteiger partial charge is 0.517 e. The summed E-state index contributed by atoms with van der Waals surface area (Å²) in [6.07, 6.45) is 6.12. The van der Waals surface area contributed by atoms with Crippen LogP contribution in [0.15, 0.2) is 0 Å². The van der Waals surface area contributed by atoms with Crippen LogP contribution in [0.5, 0.6) is 0 Å². The normalized spacial score (nSPS) is 23.2. The number of hydrogen-bond acceptors (Lipinski definition) is 2. The summed E-state index contributed by atoms with van der Waals surface area (Å²) < 4.78 is 12.6. The Balaban J connectivity index is 2.65. The van der Waals surface area contributed by atoms with E-state index in [2.05, 4.69) is 47.7 Å².